The third-order valence-corrected chi connectivity index (χ3v) is 5.03. The van der Waals surface area contributed by atoms with Crippen LogP contribution >= 0.6 is 15.9 Å². The Bertz CT molecular complexity index is 405. The molecule has 0 saturated heterocycles. The average molecular weight is 325 g/mol. The summed E-state index contributed by atoms with van der Waals surface area (Å²) in [5, 5.41) is 3.52. The van der Waals surface area contributed by atoms with E-state index < -0.39 is 0 Å². The maximum absolute atomic E-state index is 4.29. The van der Waals surface area contributed by atoms with Gasteiger partial charge in [-0.3, -0.25) is 4.98 Å². The lowest BCUT2D eigenvalue weighted by Gasteiger charge is -2.38. The van der Waals surface area contributed by atoms with Gasteiger partial charge in [-0.2, -0.15) is 0 Å². The van der Waals surface area contributed by atoms with Crippen LogP contribution in [0.1, 0.15) is 38.7 Å². The molecular formula is C16H25BrN2. The molecule has 3 heteroatoms. The first-order chi connectivity index (χ1) is 9.10. The van der Waals surface area contributed by atoms with Gasteiger partial charge in [0.05, 0.1) is 0 Å². The van der Waals surface area contributed by atoms with E-state index in [1.165, 1.54) is 24.8 Å². The van der Waals surface area contributed by atoms with Crippen molar-refractivity contribution >= 4 is 15.9 Å². The summed E-state index contributed by atoms with van der Waals surface area (Å²) in [6.45, 7) is 4.73. The lowest BCUT2D eigenvalue weighted by Crippen LogP contribution is -2.40. The predicted molar refractivity (Wildman–Crippen MR) is 84.2 cm³/mol. The van der Waals surface area contributed by atoms with Crippen molar-refractivity contribution in [3.05, 3.63) is 28.5 Å². The lowest BCUT2D eigenvalue weighted by atomic mass is 9.72. The topological polar surface area (TPSA) is 24.9 Å². The Hall–Kier alpha value is -0.410. The Morgan fingerprint density at radius 1 is 1.37 bits per heavy atom. The van der Waals surface area contributed by atoms with Gasteiger partial charge in [-0.1, -0.05) is 13.8 Å². The Morgan fingerprint density at radius 3 is 2.79 bits per heavy atom. The Balaban J connectivity index is 2.06. The van der Waals surface area contributed by atoms with Crippen LogP contribution in [0, 0.1) is 17.8 Å². The summed E-state index contributed by atoms with van der Waals surface area (Å²) in [4.78, 5) is 4.29. The van der Waals surface area contributed by atoms with Crippen LogP contribution in [0.15, 0.2) is 22.9 Å². The van der Waals surface area contributed by atoms with Gasteiger partial charge in [-0.05, 0) is 78.0 Å². The second-order valence-corrected chi connectivity index (χ2v) is 7.10. The van der Waals surface area contributed by atoms with Crippen LogP contribution in [-0.2, 0) is 6.42 Å². The van der Waals surface area contributed by atoms with Gasteiger partial charge in [-0.25, -0.2) is 0 Å². The molecule has 0 bridgehead atoms. The molecule has 0 spiro atoms. The van der Waals surface area contributed by atoms with Crippen molar-refractivity contribution in [2.75, 3.05) is 7.05 Å². The number of halogens is 1. The molecule has 1 aromatic heterocycles. The number of hydrogen-bond acceptors (Lipinski definition) is 2. The molecule has 106 valence electrons. The minimum absolute atomic E-state index is 0.661. The van der Waals surface area contributed by atoms with Crippen LogP contribution in [0.2, 0.25) is 0 Å². The zero-order valence-corrected chi connectivity index (χ0v) is 13.8. The van der Waals surface area contributed by atoms with E-state index in [0.717, 1.165) is 28.6 Å². The Labute approximate surface area is 125 Å². The number of rotatable bonds is 4. The first-order valence-electron chi connectivity index (χ1n) is 7.36. The van der Waals surface area contributed by atoms with E-state index in [2.05, 4.69) is 53.2 Å². The van der Waals surface area contributed by atoms with E-state index in [1.807, 2.05) is 12.4 Å². The molecule has 1 aliphatic carbocycles. The van der Waals surface area contributed by atoms with Crippen LogP contribution in [0.4, 0.5) is 0 Å². The number of hydrogen-bond donors (Lipinski definition) is 1. The number of nitrogens with zero attached hydrogens (tertiary/aromatic N) is 1. The van der Waals surface area contributed by atoms with Crippen molar-refractivity contribution in [2.24, 2.45) is 17.8 Å². The summed E-state index contributed by atoms with van der Waals surface area (Å²) in [5.41, 5.74) is 1.35. The molecule has 1 saturated carbocycles. The quantitative estimate of drug-likeness (QED) is 0.903. The monoisotopic (exact) mass is 324 g/mol. The summed E-state index contributed by atoms with van der Waals surface area (Å²) in [5.74, 6) is 2.43. The fraction of sp³-hybridized carbons (Fsp3) is 0.688. The van der Waals surface area contributed by atoms with Crippen molar-refractivity contribution in [3.8, 4) is 0 Å². The fourth-order valence-corrected chi connectivity index (χ4v) is 3.79. The molecule has 19 heavy (non-hydrogen) atoms. The summed E-state index contributed by atoms with van der Waals surface area (Å²) < 4.78 is 1.09. The highest BCUT2D eigenvalue weighted by molar-refractivity contribution is 9.10. The van der Waals surface area contributed by atoms with Gasteiger partial charge in [0.1, 0.15) is 0 Å². The average Bonchev–Trinajstić information content (AvgIpc) is 2.38. The van der Waals surface area contributed by atoms with Gasteiger partial charge < -0.3 is 5.32 Å². The molecular weight excluding hydrogens is 300 g/mol. The number of pyridine rings is 1. The summed E-state index contributed by atoms with van der Waals surface area (Å²) in [6, 6.07) is 2.87. The van der Waals surface area contributed by atoms with E-state index in [1.54, 1.807) is 0 Å². The van der Waals surface area contributed by atoms with Gasteiger partial charge in [0.2, 0.25) is 0 Å². The second kappa shape index (κ2) is 6.85. The summed E-state index contributed by atoms with van der Waals surface area (Å²) in [6.07, 6.45) is 9.03. The molecule has 1 fully saturated rings. The summed E-state index contributed by atoms with van der Waals surface area (Å²) in [7, 11) is 2.10. The van der Waals surface area contributed by atoms with Gasteiger partial charge in [0.15, 0.2) is 0 Å². The van der Waals surface area contributed by atoms with Crippen LogP contribution in [-0.4, -0.2) is 18.1 Å². The highest BCUT2D eigenvalue weighted by Gasteiger charge is 2.30. The lowest BCUT2D eigenvalue weighted by molar-refractivity contribution is 0.172. The largest absolute Gasteiger partial charge is 0.317 e. The molecule has 0 aliphatic heterocycles. The van der Waals surface area contributed by atoms with E-state index >= 15 is 0 Å². The molecule has 1 aromatic rings. The number of nitrogens with one attached hydrogen (secondary N) is 1. The molecule has 0 amide bonds. The van der Waals surface area contributed by atoms with Crippen LogP contribution in [0.5, 0.6) is 0 Å². The first kappa shape index (κ1) is 15.0. The second-order valence-electron chi connectivity index (χ2n) is 6.19. The van der Waals surface area contributed by atoms with E-state index in [0.29, 0.717) is 6.04 Å². The van der Waals surface area contributed by atoms with Crippen molar-refractivity contribution in [1.82, 2.24) is 10.3 Å². The van der Waals surface area contributed by atoms with Crippen molar-refractivity contribution in [2.45, 2.75) is 45.6 Å². The highest BCUT2D eigenvalue weighted by Crippen LogP contribution is 2.35. The molecule has 2 nitrogen and oxygen atoms in total. The first-order valence-corrected chi connectivity index (χ1v) is 8.16. The maximum atomic E-state index is 4.29. The third kappa shape index (κ3) is 4.03. The van der Waals surface area contributed by atoms with E-state index in [4.69, 9.17) is 0 Å². The SMILES string of the molecule is CNC1CCC(C(C)C)CC1Cc1cncc(Br)c1. The third-order valence-electron chi connectivity index (χ3n) is 4.60. The molecule has 3 unspecified atom stereocenters. The van der Waals surface area contributed by atoms with Gasteiger partial charge in [0, 0.05) is 22.9 Å². The minimum atomic E-state index is 0.661. The highest BCUT2D eigenvalue weighted by atomic mass is 79.9. The van der Waals surface area contributed by atoms with Gasteiger partial charge >= 0.3 is 0 Å². The van der Waals surface area contributed by atoms with Crippen molar-refractivity contribution in [1.29, 1.82) is 0 Å². The number of aromatic nitrogens is 1. The molecule has 0 radical (unpaired) electrons. The van der Waals surface area contributed by atoms with Gasteiger partial charge in [-0.15, -0.1) is 0 Å². The van der Waals surface area contributed by atoms with Crippen molar-refractivity contribution < 1.29 is 0 Å². The minimum Gasteiger partial charge on any atom is -0.317 e. The van der Waals surface area contributed by atoms with Crippen LogP contribution in [0.25, 0.3) is 0 Å². The van der Waals surface area contributed by atoms with Crippen LogP contribution in [0.3, 0.4) is 0 Å². The zero-order chi connectivity index (χ0) is 13.8. The molecule has 1 heterocycles. The van der Waals surface area contributed by atoms with E-state index in [9.17, 15) is 0 Å². The molecule has 3 atom stereocenters. The van der Waals surface area contributed by atoms with Crippen LogP contribution < -0.4 is 5.32 Å². The summed E-state index contributed by atoms with van der Waals surface area (Å²) >= 11 is 3.52. The maximum Gasteiger partial charge on any atom is 0.0410 e. The molecule has 1 aliphatic rings. The molecule has 0 aromatic carbocycles. The van der Waals surface area contributed by atoms with Gasteiger partial charge in [0.25, 0.3) is 0 Å². The standard InChI is InChI=1S/C16H25BrN2/c1-11(2)13-4-5-16(18-3)14(8-13)6-12-7-15(17)10-19-9-12/h7,9-11,13-14,16,18H,4-6,8H2,1-3H3. The Morgan fingerprint density at radius 2 is 2.16 bits per heavy atom. The zero-order valence-electron chi connectivity index (χ0n) is 12.2. The smallest absolute Gasteiger partial charge is 0.0410 e. The molecule has 1 N–H and O–H groups in total. The Kier molecular flexibility index (Phi) is 5.40. The molecule has 2 rings (SSSR count). The van der Waals surface area contributed by atoms with E-state index in [-0.39, 0.29) is 0 Å². The fourth-order valence-electron chi connectivity index (χ4n) is 3.38. The van der Waals surface area contributed by atoms with Crippen molar-refractivity contribution in [3.63, 3.8) is 0 Å². The predicted octanol–water partition coefficient (Wildman–Crippen LogP) is 4.05. The normalized spacial score (nSPS) is 27.7.